The van der Waals surface area contributed by atoms with Gasteiger partial charge in [-0.3, -0.25) is 9.79 Å². The maximum absolute atomic E-state index is 10.5. The molecular weight excluding hydrogens is 166 g/mol. The van der Waals surface area contributed by atoms with Crippen LogP contribution in [-0.4, -0.2) is 55.3 Å². The fourth-order valence-corrected chi connectivity index (χ4v) is 1.61. The van der Waals surface area contributed by atoms with Crippen LogP contribution in [0.15, 0.2) is 4.99 Å². The summed E-state index contributed by atoms with van der Waals surface area (Å²) in [6.45, 7) is 5.58. The van der Waals surface area contributed by atoms with Crippen molar-refractivity contribution < 1.29 is 4.79 Å². The van der Waals surface area contributed by atoms with Crippen molar-refractivity contribution in [2.24, 2.45) is 4.99 Å². The lowest BCUT2D eigenvalue weighted by Gasteiger charge is -2.34. The highest BCUT2D eigenvalue weighted by Crippen LogP contribution is 2.02. The van der Waals surface area contributed by atoms with E-state index in [-0.39, 0.29) is 0 Å². The molecule has 0 unspecified atom stereocenters. The molecule has 1 aliphatic rings. The van der Waals surface area contributed by atoms with Crippen LogP contribution in [0.4, 0.5) is 0 Å². The van der Waals surface area contributed by atoms with Gasteiger partial charge in [-0.15, -0.1) is 0 Å². The maximum Gasteiger partial charge on any atom is 0.209 e. The number of amides is 1. The Kier molecular flexibility index (Phi) is 3.73. The Hall–Kier alpha value is -1.06. The van der Waals surface area contributed by atoms with Crippen LogP contribution < -0.4 is 0 Å². The minimum Gasteiger partial charge on any atom is -0.357 e. The Balaban J connectivity index is 2.44. The van der Waals surface area contributed by atoms with Crippen LogP contribution in [0.1, 0.15) is 13.3 Å². The number of nitrogens with zero attached hydrogens (tertiary/aromatic N) is 3. The SMILES string of the molecule is CCC(=NC)N1CCN(C=O)CC1. The standard InChI is InChI=1S/C9H17N3O/c1-3-9(10-2)12-6-4-11(8-13)5-7-12/h8H,3-7H2,1-2H3. The third-order valence-electron chi connectivity index (χ3n) is 2.40. The molecule has 0 aromatic carbocycles. The molecule has 13 heavy (non-hydrogen) atoms. The molecule has 0 saturated carbocycles. The number of piperazine rings is 1. The second-order valence-electron chi connectivity index (χ2n) is 3.12. The van der Waals surface area contributed by atoms with E-state index < -0.39 is 0 Å². The van der Waals surface area contributed by atoms with E-state index in [4.69, 9.17) is 0 Å². The van der Waals surface area contributed by atoms with Gasteiger partial charge in [0.1, 0.15) is 0 Å². The van der Waals surface area contributed by atoms with Crippen molar-refractivity contribution >= 4 is 12.2 Å². The topological polar surface area (TPSA) is 35.9 Å². The van der Waals surface area contributed by atoms with Gasteiger partial charge in [0.05, 0.1) is 5.84 Å². The van der Waals surface area contributed by atoms with Crippen LogP contribution in [0.2, 0.25) is 0 Å². The minimum atomic E-state index is 0.822. The van der Waals surface area contributed by atoms with Gasteiger partial charge in [0.2, 0.25) is 6.41 Å². The van der Waals surface area contributed by atoms with Crippen molar-refractivity contribution in [3.8, 4) is 0 Å². The molecule has 0 aromatic rings. The molecule has 0 spiro atoms. The lowest BCUT2D eigenvalue weighted by molar-refractivity contribution is -0.119. The third kappa shape index (κ3) is 2.44. The Morgan fingerprint density at radius 3 is 2.38 bits per heavy atom. The summed E-state index contributed by atoms with van der Waals surface area (Å²) >= 11 is 0. The smallest absolute Gasteiger partial charge is 0.209 e. The van der Waals surface area contributed by atoms with E-state index in [0.29, 0.717) is 0 Å². The second-order valence-corrected chi connectivity index (χ2v) is 3.12. The number of hydrogen-bond acceptors (Lipinski definition) is 2. The number of carbonyl (C=O) groups is 1. The van der Waals surface area contributed by atoms with Gasteiger partial charge < -0.3 is 9.80 Å². The average Bonchev–Trinajstić information content (AvgIpc) is 2.21. The molecule has 0 N–H and O–H groups in total. The third-order valence-corrected chi connectivity index (χ3v) is 2.40. The van der Waals surface area contributed by atoms with Crippen LogP contribution in [0.3, 0.4) is 0 Å². The molecule has 1 amide bonds. The molecule has 0 aliphatic carbocycles. The summed E-state index contributed by atoms with van der Waals surface area (Å²) in [5.41, 5.74) is 0. The lowest BCUT2D eigenvalue weighted by Crippen LogP contribution is -2.47. The van der Waals surface area contributed by atoms with E-state index in [0.717, 1.165) is 44.8 Å². The highest BCUT2D eigenvalue weighted by molar-refractivity contribution is 5.82. The van der Waals surface area contributed by atoms with Crippen molar-refractivity contribution in [1.82, 2.24) is 9.80 Å². The quantitative estimate of drug-likeness (QED) is 0.348. The Labute approximate surface area is 79.2 Å². The maximum atomic E-state index is 10.5. The Morgan fingerprint density at radius 2 is 2.00 bits per heavy atom. The molecule has 0 radical (unpaired) electrons. The summed E-state index contributed by atoms with van der Waals surface area (Å²) in [5, 5.41) is 0. The van der Waals surface area contributed by atoms with Gasteiger partial charge in [-0.1, -0.05) is 6.92 Å². The monoisotopic (exact) mass is 183 g/mol. The summed E-state index contributed by atoms with van der Waals surface area (Å²) in [7, 11) is 1.82. The van der Waals surface area contributed by atoms with Gasteiger partial charge >= 0.3 is 0 Å². The average molecular weight is 183 g/mol. The molecule has 1 heterocycles. The van der Waals surface area contributed by atoms with Crippen molar-refractivity contribution in [2.45, 2.75) is 13.3 Å². The lowest BCUT2D eigenvalue weighted by atomic mass is 10.3. The van der Waals surface area contributed by atoms with Gasteiger partial charge in [0, 0.05) is 39.6 Å². The number of aliphatic imine (C=N–C) groups is 1. The molecule has 4 nitrogen and oxygen atoms in total. The van der Waals surface area contributed by atoms with Crippen LogP contribution in [-0.2, 0) is 4.79 Å². The van der Waals surface area contributed by atoms with E-state index in [2.05, 4.69) is 16.8 Å². The number of rotatable bonds is 2. The van der Waals surface area contributed by atoms with Crippen LogP contribution >= 0.6 is 0 Å². The van der Waals surface area contributed by atoms with Gasteiger partial charge in [0.25, 0.3) is 0 Å². The molecule has 1 saturated heterocycles. The first-order chi connectivity index (χ1) is 6.31. The first-order valence-corrected chi connectivity index (χ1v) is 4.71. The van der Waals surface area contributed by atoms with Crippen LogP contribution in [0.5, 0.6) is 0 Å². The van der Waals surface area contributed by atoms with Gasteiger partial charge in [0.15, 0.2) is 0 Å². The van der Waals surface area contributed by atoms with Crippen molar-refractivity contribution in [3.63, 3.8) is 0 Å². The summed E-state index contributed by atoms with van der Waals surface area (Å²) in [5.74, 6) is 1.14. The zero-order valence-corrected chi connectivity index (χ0v) is 8.36. The summed E-state index contributed by atoms with van der Waals surface area (Å²) in [4.78, 5) is 18.7. The molecule has 74 valence electrons. The predicted octanol–water partition coefficient (Wildman–Crippen LogP) is 0.199. The fourth-order valence-electron chi connectivity index (χ4n) is 1.61. The second kappa shape index (κ2) is 4.84. The zero-order valence-electron chi connectivity index (χ0n) is 8.36. The van der Waals surface area contributed by atoms with Crippen molar-refractivity contribution in [3.05, 3.63) is 0 Å². The van der Waals surface area contributed by atoms with Gasteiger partial charge in [-0.05, 0) is 0 Å². The van der Waals surface area contributed by atoms with Crippen molar-refractivity contribution in [2.75, 3.05) is 33.2 Å². The van der Waals surface area contributed by atoms with E-state index in [9.17, 15) is 4.79 Å². The molecule has 1 fully saturated rings. The molecule has 1 rings (SSSR count). The largest absolute Gasteiger partial charge is 0.357 e. The van der Waals surface area contributed by atoms with E-state index in [1.54, 1.807) is 4.90 Å². The van der Waals surface area contributed by atoms with Crippen LogP contribution in [0.25, 0.3) is 0 Å². The highest BCUT2D eigenvalue weighted by Gasteiger charge is 2.16. The molecule has 0 bridgehead atoms. The fraction of sp³-hybridized carbons (Fsp3) is 0.778. The van der Waals surface area contributed by atoms with E-state index in [1.807, 2.05) is 7.05 Å². The molecule has 0 atom stereocenters. The minimum absolute atomic E-state index is 0.822. The first kappa shape index (κ1) is 10.0. The first-order valence-electron chi connectivity index (χ1n) is 4.71. The summed E-state index contributed by atoms with van der Waals surface area (Å²) in [6.07, 6.45) is 1.89. The molecular formula is C9H17N3O. The van der Waals surface area contributed by atoms with Crippen LogP contribution in [0, 0.1) is 0 Å². The molecule has 1 aliphatic heterocycles. The number of carbonyl (C=O) groups excluding carboxylic acids is 1. The summed E-state index contributed by atoms with van der Waals surface area (Å²) < 4.78 is 0. The Morgan fingerprint density at radius 1 is 1.38 bits per heavy atom. The molecule has 4 heteroatoms. The normalized spacial score (nSPS) is 19.1. The number of hydrogen-bond donors (Lipinski definition) is 0. The van der Waals surface area contributed by atoms with E-state index >= 15 is 0 Å². The number of amidine groups is 1. The zero-order chi connectivity index (χ0) is 9.68. The van der Waals surface area contributed by atoms with Gasteiger partial charge in [-0.2, -0.15) is 0 Å². The Bertz CT molecular complexity index is 195. The predicted molar refractivity (Wildman–Crippen MR) is 52.9 cm³/mol. The van der Waals surface area contributed by atoms with E-state index in [1.165, 1.54) is 0 Å². The van der Waals surface area contributed by atoms with Crippen molar-refractivity contribution in [1.29, 1.82) is 0 Å². The highest BCUT2D eigenvalue weighted by atomic mass is 16.1. The summed E-state index contributed by atoms with van der Waals surface area (Å²) in [6, 6.07) is 0. The molecule has 0 aromatic heterocycles. The van der Waals surface area contributed by atoms with Gasteiger partial charge in [-0.25, -0.2) is 0 Å².